The van der Waals surface area contributed by atoms with Gasteiger partial charge < -0.3 is 10.6 Å². The van der Waals surface area contributed by atoms with Crippen molar-refractivity contribution in [1.29, 1.82) is 0 Å². The summed E-state index contributed by atoms with van der Waals surface area (Å²) in [7, 11) is 0. The van der Waals surface area contributed by atoms with Crippen LogP contribution < -0.4 is 10.6 Å². The molecule has 1 fully saturated rings. The molecule has 0 bridgehead atoms. The van der Waals surface area contributed by atoms with E-state index in [-0.39, 0.29) is 0 Å². The molecule has 0 aromatic carbocycles. The van der Waals surface area contributed by atoms with Crippen LogP contribution in [0.1, 0.15) is 12.8 Å². The van der Waals surface area contributed by atoms with Gasteiger partial charge in [0.1, 0.15) is 10.8 Å². The van der Waals surface area contributed by atoms with Crippen LogP contribution in [0.3, 0.4) is 0 Å². The first-order valence-electron chi connectivity index (χ1n) is 7.74. The molecule has 0 amide bonds. The Hall–Kier alpha value is -2.18. The number of pyridine rings is 1. The van der Waals surface area contributed by atoms with Crippen LogP contribution in [0, 0.1) is 0 Å². The lowest BCUT2D eigenvalue weighted by Crippen LogP contribution is -2.38. The number of hydrogen-bond acceptors (Lipinski definition) is 5. The number of piperidine rings is 1. The van der Waals surface area contributed by atoms with E-state index in [1.54, 1.807) is 12.4 Å². The van der Waals surface area contributed by atoms with E-state index in [1.807, 2.05) is 28.9 Å². The van der Waals surface area contributed by atoms with Gasteiger partial charge in [-0.15, -0.1) is 0 Å². The first kappa shape index (κ1) is 14.4. The molecule has 0 radical (unpaired) electrons. The monoisotopic (exact) mass is 328 g/mol. The molecule has 3 aromatic rings. The van der Waals surface area contributed by atoms with Crippen molar-refractivity contribution >= 4 is 22.9 Å². The summed E-state index contributed by atoms with van der Waals surface area (Å²) in [5, 5.41) is 11.7. The highest BCUT2D eigenvalue weighted by Crippen LogP contribution is 2.26. The standard InChI is InChI=1S/C16H17ClN6/c17-13-10-19-15(12-9-20-23-7-2-1-5-14(12)23)22-16(13)21-11-4-3-6-18-8-11/h1-2,5,7,9-11,18H,3-4,6,8H2,(H,19,21,22). The van der Waals surface area contributed by atoms with E-state index >= 15 is 0 Å². The molecule has 1 aliphatic rings. The van der Waals surface area contributed by atoms with Crippen LogP contribution >= 0.6 is 11.6 Å². The summed E-state index contributed by atoms with van der Waals surface area (Å²) in [6.45, 7) is 2.00. The Morgan fingerprint density at radius 2 is 2.26 bits per heavy atom. The lowest BCUT2D eigenvalue weighted by atomic mass is 10.1. The van der Waals surface area contributed by atoms with Crippen LogP contribution in [-0.4, -0.2) is 38.7 Å². The van der Waals surface area contributed by atoms with Gasteiger partial charge in [-0.05, 0) is 31.5 Å². The van der Waals surface area contributed by atoms with E-state index in [2.05, 4.69) is 25.7 Å². The van der Waals surface area contributed by atoms with Crippen molar-refractivity contribution in [2.75, 3.05) is 18.4 Å². The minimum atomic E-state index is 0.341. The highest BCUT2D eigenvalue weighted by atomic mass is 35.5. The summed E-state index contributed by atoms with van der Waals surface area (Å²) < 4.78 is 1.81. The fourth-order valence-corrected chi connectivity index (χ4v) is 3.02. The first-order chi connectivity index (χ1) is 11.3. The van der Waals surface area contributed by atoms with E-state index in [4.69, 9.17) is 11.6 Å². The number of nitrogens with one attached hydrogen (secondary N) is 2. The lowest BCUT2D eigenvalue weighted by Gasteiger charge is -2.24. The zero-order valence-corrected chi connectivity index (χ0v) is 13.3. The van der Waals surface area contributed by atoms with E-state index < -0.39 is 0 Å². The van der Waals surface area contributed by atoms with Crippen molar-refractivity contribution in [3.05, 3.63) is 41.8 Å². The minimum Gasteiger partial charge on any atom is -0.365 e. The van der Waals surface area contributed by atoms with Gasteiger partial charge in [-0.2, -0.15) is 5.10 Å². The van der Waals surface area contributed by atoms with Gasteiger partial charge in [-0.3, -0.25) is 0 Å². The smallest absolute Gasteiger partial charge is 0.165 e. The zero-order valence-electron chi connectivity index (χ0n) is 12.5. The van der Waals surface area contributed by atoms with E-state index in [0.717, 1.165) is 37.0 Å². The number of halogens is 1. The Balaban J connectivity index is 1.68. The van der Waals surface area contributed by atoms with Crippen LogP contribution in [0.5, 0.6) is 0 Å². The molecular weight excluding hydrogens is 312 g/mol. The molecule has 7 heteroatoms. The molecule has 118 valence electrons. The second-order valence-corrected chi connectivity index (χ2v) is 6.07. The molecule has 0 saturated carbocycles. The van der Waals surface area contributed by atoms with Crippen molar-refractivity contribution in [3.63, 3.8) is 0 Å². The van der Waals surface area contributed by atoms with Crippen molar-refractivity contribution in [1.82, 2.24) is 24.9 Å². The van der Waals surface area contributed by atoms with E-state index in [0.29, 0.717) is 22.7 Å². The maximum absolute atomic E-state index is 6.27. The number of hydrogen-bond donors (Lipinski definition) is 2. The maximum atomic E-state index is 6.27. The molecule has 6 nitrogen and oxygen atoms in total. The van der Waals surface area contributed by atoms with Gasteiger partial charge >= 0.3 is 0 Å². The molecular formula is C16H17ClN6. The van der Waals surface area contributed by atoms with Gasteiger partial charge in [0.05, 0.1) is 23.5 Å². The molecule has 1 aliphatic heterocycles. The van der Waals surface area contributed by atoms with Crippen molar-refractivity contribution in [2.45, 2.75) is 18.9 Å². The second-order valence-electron chi connectivity index (χ2n) is 5.67. The van der Waals surface area contributed by atoms with Crippen LogP contribution in [0.2, 0.25) is 5.02 Å². The second kappa shape index (κ2) is 6.14. The molecule has 23 heavy (non-hydrogen) atoms. The number of nitrogens with zero attached hydrogens (tertiary/aromatic N) is 4. The van der Waals surface area contributed by atoms with Gasteiger partial charge in [-0.1, -0.05) is 17.7 Å². The number of anilines is 1. The average molecular weight is 329 g/mol. The molecule has 4 heterocycles. The van der Waals surface area contributed by atoms with Gasteiger partial charge in [0.15, 0.2) is 5.82 Å². The Bertz CT molecular complexity index is 824. The highest BCUT2D eigenvalue weighted by molar-refractivity contribution is 6.32. The quantitative estimate of drug-likeness (QED) is 0.773. The Morgan fingerprint density at radius 3 is 3.13 bits per heavy atom. The fourth-order valence-electron chi connectivity index (χ4n) is 2.87. The van der Waals surface area contributed by atoms with Gasteiger partial charge in [0.2, 0.25) is 0 Å². The van der Waals surface area contributed by atoms with Crippen molar-refractivity contribution in [3.8, 4) is 11.4 Å². The third-order valence-corrected chi connectivity index (χ3v) is 4.33. The molecule has 1 atom stereocenters. The summed E-state index contributed by atoms with van der Waals surface area (Å²) in [4.78, 5) is 9.00. The van der Waals surface area contributed by atoms with Crippen LogP contribution in [-0.2, 0) is 0 Å². The normalized spacial score (nSPS) is 18.2. The van der Waals surface area contributed by atoms with E-state index in [1.165, 1.54) is 0 Å². The molecule has 2 N–H and O–H groups in total. The molecule has 0 aliphatic carbocycles. The number of fused-ring (bicyclic) bond motifs is 1. The van der Waals surface area contributed by atoms with Gasteiger partial charge in [-0.25, -0.2) is 14.5 Å². The van der Waals surface area contributed by atoms with Crippen LogP contribution in [0.25, 0.3) is 16.9 Å². The minimum absolute atomic E-state index is 0.341. The van der Waals surface area contributed by atoms with Crippen LogP contribution in [0.15, 0.2) is 36.8 Å². The topological polar surface area (TPSA) is 67.1 Å². The number of aromatic nitrogens is 4. The summed E-state index contributed by atoms with van der Waals surface area (Å²) >= 11 is 6.27. The molecule has 4 rings (SSSR count). The third-order valence-electron chi connectivity index (χ3n) is 4.05. The molecule has 0 spiro atoms. The zero-order chi connectivity index (χ0) is 15.6. The van der Waals surface area contributed by atoms with Gasteiger partial charge in [0, 0.05) is 18.8 Å². The summed E-state index contributed by atoms with van der Waals surface area (Å²) in [5.74, 6) is 1.31. The van der Waals surface area contributed by atoms with Crippen molar-refractivity contribution in [2.24, 2.45) is 0 Å². The average Bonchev–Trinajstić information content (AvgIpc) is 3.02. The predicted octanol–water partition coefficient (Wildman–Crippen LogP) is 2.61. The molecule has 1 saturated heterocycles. The largest absolute Gasteiger partial charge is 0.365 e. The predicted molar refractivity (Wildman–Crippen MR) is 90.7 cm³/mol. The molecule has 1 unspecified atom stereocenters. The Labute approximate surface area is 138 Å². The summed E-state index contributed by atoms with van der Waals surface area (Å²) in [6.07, 6.45) is 7.60. The van der Waals surface area contributed by atoms with Crippen molar-refractivity contribution < 1.29 is 0 Å². The fraction of sp³-hybridized carbons (Fsp3) is 0.312. The lowest BCUT2D eigenvalue weighted by molar-refractivity contribution is 0.479. The van der Waals surface area contributed by atoms with Crippen LogP contribution in [0.4, 0.5) is 5.82 Å². The molecule has 3 aromatic heterocycles. The van der Waals surface area contributed by atoms with Gasteiger partial charge in [0.25, 0.3) is 0 Å². The first-order valence-corrected chi connectivity index (χ1v) is 8.11. The maximum Gasteiger partial charge on any atom is 0.165 e. The Kier molecular flexibility index (Phi) is 3.85. The summed E-state index contributed by atoms with van der Waals surface area (Å²) in [5.41, 5.74) is 1.87. The van der Waals surface area contributed by atoms with E-state index in [9.17, 15) is 0 Å². The summed E-state index contributed by atoms with van der Waals surface area (Å²) in [6, 6.07) is 6.25. The highest BCUT2D eigenvalue weighted by Gasteiger charge is 2.17. The Morgan fingerprint density at radius 1 is 1.30 bits per heavy atom. The third kappa shape index (κ3) is 2.87. The SMILES string of the molecule is Clc1cnc(-c2cnn3ccccc23)nc1NC1CCCNC1. The number of rotatable bonds is 3.